The number of piperidine rings is 1. The summed E-state index contributed by atoms with van der Waals surface area (Å²) in [5, 5.41) is 4.61. The summed E-state index contributed by atoms with van der Waals surface area (Å²) in [7, 11) is 6.67. The summed E-state index contributed by atoms with van der Waals surface area (Å²) < 4.78 is 10.9. The monoisotopic (exact) mass is 399 g/mol. The van der Waals surface area contributed by atoms with Gasteiger partial charge in [-0.25, -0.2) is 10.6 Å². The van der Waals surface area contributed by atoms with Crippen LogP contribution in [0.3, 0.4) is 0 Å². The Morgan fingerprint density at radius 2 is 2.07 bits per heavy atom. The summed E-state index contributed by atoms with van der Waals surface area (Å²) in [5.74, 6) is 12.6. The van der Waals surface area contributed by atoms with Crippen LogP contribution in [0.1, 0.15) is 32.6 Å². The van der Waals surface area contributed by atoms with Crippen molar-refractivity contribution >= 4 is 26.0 Å². The number of nitrogens with zero attached hydrogens (tertiary/aromatic N) is 3. The Kier molecular flexibility index (Phi) is 6.89. The summed E-state index contributed by atoms with van der Waals surface area (Å²) in [6.07, 6.45) is 4.96. The molecule has 1 aromatic carbocycles. The molecule has 9 heteroatoms. The molecule has 1 saturated carbocycles. The van der Waals surface area contributed by atoms with Crippen LogP contribution in [0.2, 0.25) is 5.31 Å². The molecular formula is C20H30BN5O3. The summed E-state index contributed by atoms with van der Waals surface area (Å²) in [5.41, 5.74) is 0.767. The van der Waals surface area contributed by atoms with Crippen LogP contribution in [0.4, 0.5) is 10.5 Å². The number of hydrogen-bond acceptors (Lipinski definition) is 6. The number of hydrazine groups is 1. The SMILES string of the molecule is [B][C@]1(C2CCN(C(=O)OCC)CC2)CC1CCOc1ccc(N(N)/C=N\N)cc1. The van der Waals surface area contributed by atoms with Crippen molar-refractivity contribution in [1.29, 1.82) is 0 Å². The molecule has 1 aliphatic carbocycles. The van der Waals surface area contributed by atoms with E-state index in [1.54, 1.807) is 4.90 Å². The third-order valence-corrected chi connectivity index (χ3v) is 6.04. The van der Waals surface area contributed by atoms with Crippen molar-refractivity contribution in [2.24, 2.45) is 28.6 Å². The smallest absolute Gasteiger partial charge is 0.409 e. The Morgan fingerprint density at radius 1 is 1.38 bits per heavy atom. The van der Waals surface area contributed by atoms with Crippen LogP contribution in [-0.4, -0.2) is 51.5 Å². The largest absolute Gasteiger partial charge is 0.494 e. The maximum Gasteiger partial charge on any atom is 0.409 e. The van der Waals surface area contributed by atoms with E-state index in [0.29, 0.717) is 25.0 Å². The second kappa shape index (κ2) is 9.39. The van der Waals surface area contributed by atoms with E-state index in [2.05, 4.69) is 5.10 Å². The van der Waals surface area contributed by atoms with Crippen LogP contribution < -0.4 is 21.4 Å². The van der Waals surface area contributed by atoms with Gasteiger partial charge >= 0.3 is 6.09 Å². The number of carbonyl (C=O) groups is 1. The molecule has 3 rings (SSSR count). The van der Waals surface area contributed by atoms with Crippen LogP contribution in [0, 0.1) is 11.8 Å². The zero-order valence-electron chi connectivity index (χ0n) is 17.0. The molecule has 1 amide bonds. The summed E-state index contributed by atoms with van der Waals surface area (Å²) >= 11 is 0. The highest BCUT2D eigenvalue weighted by Crippen LogP contribution is 2.66. The molecule has 1 heterocycles. The minimum Gasteiger partial charge on any atom is -0.494 e. The maximum atomic E-state index is 11.8. The fourth-order valence-corrected chi connectivity index (χ4v) is 4.22. The lowest BCUT2D eigenvalue weighted by Crippen LogP contribution is -2.40. The number of hydrogen-bond donors (Lipinski definition) is 2. The van der Waals surface area contributed by atoms with Crippen molar-refractivity contribution in [3.05, 3.63) is 24.3 Å². The number of anilines is 1. The predicted molar refractivity (Wildman–Crippen MR) is 114 cm³/mol. The van der Waals surface area contributed by atoms with Crippen LogP contribution in [0.15, 0.2) is 29.4 Å². The number of amides is 1. The quantitative estimate of drug-likeness (QED) is 0.228. The Balaban J connectivity index is 1.39. The van der Waals surface area contributed by atoms with Gasteiger partial charge in [-0.15, -0.1) is 0 Å². The van der Waals surface area contributed by atoms with Gasteiger partial charge in [0.25, 0.3) is 0 Å². The fourth-order valence-electron chi connectivity index (χ4n) is 4.22. The first kappa shape index (κ1) is 21.3. The van der Waals surface area contributed by atoms with Gasteiger partial charge in [-0.3, -0.25) is 5.01 Å². The van der Waals surface area contributed by atoms with Gasteiger partial charge in [0.1, 0.15) is 12.1 Å². The minimum absolute atomic E-state index is 0.115. The first-order valence-electron chi connectivity index (χ1n) is 10.2. The number of nitrogens with two attached hydrogens (primary N) is 2. The first-order chi connectivity index (χ1) is 14.0. The molecule has 1 saturated heterocycles. The van der Waals surface area contributed by atoms with Gasteiger partial charge in [-0.1, -0.05) is 11.7 Å². The van der Waals surface area contributed by atoms with Crippen molar-refractivity contribution in [3.63, 3.8) is 0 Å². The number of rotatable bonds is 8. The average Bonchev–Trinajstić information content (AvgIpc) is 3.40. The molecule has 0 aromatic heterocycles. The number of hydrazone groups is 1. The van der Waals surface area contributed by atoms with E-state index in [1.165, 1.54) is 11.3 Å². The van der Waals surface area contributed by atoms with Crippen molar-refractivity contribution in [2.75, 3.05) is 31.3 Å². The fraction of sp³-hybridized carbons (Fsp3) is 0.600. The highest BCUT2D eigenvalue weighted by atomic mass is 16.6. The molecule has 1 aromatic rings. The van der Waals surface area contributed by atoms with E-state index in [4.69, 9.17) is 29.0 Å². The predicted octanol–water partition coefficient (Wildman–Crippen LogP) is 2.25. The molecule has 156 valence electrons. The number of likely N-dealkylation sites (tertiary alicyclic amines) is 1. The summed E-state index contributed by atoms with van der Waals surface area (Å²) in [6.45, 7) is 4.32. The second-order valence-corrected chi connectivity index (χ2v) is 7.78. The minimum atomic E-state index is -0.211. The maximum absolute atomic E-state index is 11.8. The third kappa shape index (κ3) is 5.15. The molecule has 2 aliphatic rings. The highest BCUT2D eigenvalue weighted by Gasteiger charge is 2.53. The Hall–Kier alpha value is -2.42. The Labute approximate surface area is 173 Å². The van der Waals surface area contributed by atoms with Crippen molar-refractivity contribution in [3.8, 4) is 5.75 Å². The zero-order chi connectivity index (χ0) is 20.9. The van der Waals surface area contributed by atoms with Gasteiger partial charge in [0, 0.05) is 13.1 Å². The lowest BCUT2D eigenvalue weighted by Gasteiger charge is -2.35. The Bertz CT molecular complexity index is 709. The van der Waals surface area contributed by atoms with Crippen molar-refractivity contribution < 1.29 is 14.3 Å². The van der Waals surface area contributed by atoms with Crippen LogP contribution >= 0.6 is 0 Å². The lowest BCUT2D eigenvalue weighted by atomic mass is 9.67. The second-order valence-electron chi connectivity index (χ2n) is 7.78. The van der Waals surface area contributed by atoms with Crippen LogP contribution in [-0.2, 0) is 4.74 Å². The highest BCUT2D eigenvalue weighted by molar-refractivity contribution is 6.18. The zero-order valence-corrected chi connectivity index (χ0v) is 17.0. The van der Waals surface area contributed by atoms with Gasteiger partial charge < -0.3 is 20.2 Å². The molecule has 0 bridgehead atoms. The molecule has 4 N–H and O–H groups in total. The molecule has 1 unspecified atom stereocenters. The Morgan fingerprint density at radius 3 is 2.69 bits per heavy atom. The molecular weight excluding hydrogens is 369 g/mol. The molecule has 2 atom stereocenters. The topological polar surface area (TPSA) is 106 Å². The number of carbonyl (C=O) groups excluding carboxylic acids is 1. The van der Waals surface area contributed by atoms with Crippen molar-refractivity contribution in [2.45, 2.75) is 37.9 Å². The van der Waals surface area contributed by atoms with E-state index >= 15 is 0 Å². The number of ether oxygens (including phenoxy) is 2. The van der Waals surface area contributed by atoms with E-state index in [-0.39, 0.29) is 11.4 Å². The van der Waals surface area contributed by atoms with E-state index in [1.807, 2.05) is 31.2 Å². The van der Waals surface area contributed by atoms with E-state index < -0.39 is 0 Å². The summed E-state index contributed by atoms with van der Waals surface area (Å²) in [4.78, 5) is 13.6. The molecule has 8 nitrogen and oxygen atoms in total. The standard InChI is InChI=1S/C20H30BN5O3/c1-2-28-19(27)25-10-7-15(8-11-25)20(21)13-16(20)9-12-29-18-5-3-17(4-6-18)26(23)14-24-22/h3-6,14-16H,2,7-13,22-23H2,1H3/b24-14-/t16?,20-/m0/s1. The molecule has 0 spiro atoms. The van der Waals surface area contributed by atoms with E-state index in [0.717, 1.165) is 50.2 Å². The van der Waals surface area contributed by atoms with Crippen molar-refractivity contribution in [1.82, 2.24) is 4.90 Å². The van der Waals surface area contributed by atoms with Gasteiger partial charge in [-0.05, 0) is 62.3 Å². The van der Waals surface area contributed by atoms with Gasteiger partial charge in [0.05, 0.1) is 26.7 Å². The van der Waals surface area contributed by atoms with Crippen LogP contribution in [0.25, 0.3) is 0 Å². The lowest BCUT2D eigenvalue weighted by molar-refractivity contribution is 0.0895. The molecule has 2 fully saturated rings. The van der Waals surface area contributed by atoms with Gasteiger partial charge in [0.2, 0.25) is 0 Å². The van der Waals surface area contributed by atoms with Gasteiger partial charge in [-0.2, -0.15) is 5.10 Å². The van der Waals surface area contributed by atoms with Crippen LogP contribution in [0.5, 0.6) is 5.75 Å². The van der Waals surface area contributed by atoms with Gasteiger partial charge in [0.15, 0.2) is 0 Å². The molecule has 1 aliphatic heterocycles. The average molecular weight is 399 g/mol. The molecule has 2 radical (unpaired) electrons. The number of benzene rings is 1. The first-order valence-corrected chi connectivity index (χ1v) is 10.2. The summed E-state index contributed by atoms with van der Waals surface area (Å²) in [6, 6.07) is 7.43. The van der Waals surface area contributed by atoms with E-state index in [9.17, 15) is 4.79 Å². The molecule has 29 heavy (non-hydrogen) atoms. The third-order valence-electron chi connectivity index (χ3n) is 6.04. The normalized spacial score (nSPS) is 24.5.